The molecule has 0 spiro atoms. The summed E-state index contributed by atoms with van der Waals surface area (Å²) in [6.07, 6.45) is 0. The molecule has 100 valence electrons. The topological polar surface area (TPSA) is 72.2 Å². The van der Waals surface area contributed by atoms with Gasteiger partial charge in [0, 0.05) is 10.9 Å². The van der Waals surface area contributed by atoms with Crippen LogP contribution in [0.5, 0.6) is 0 Å². The number of thiophene rings is 1. The van der Waals surface area contributed by atoms with Crippen LogP contribution < -0.4 is 10.5 Å². The lowest BCUT2D eigenvalue weighted by Crippen LogP contribution is -2.15. The van der Waals surface area contributed by atoms with E-state index in [1.807, 2.05) is 0 Å². The maximum atomic E-state index is 12.2. The number of sulfonamides is 1. The number of anilines is 1. The zero-order valence-electron chi connectivity index (χ0n) is 10.1. The van der Waals surface area contributed by atoms with Gasteiger partial charge in [-0.1, -0.05) is 18.3 Å². The molecule has 0 saturated heterocycles. The van der Waals surface area contributed by atoms with Gasteiger partial charge in [0.1, 0.15) is 4.99 Å². The molecule has 7 heteroatoms. The molecule has 0 radical (unpaired) electrons. The highest BCUT2D eigenvalue weighted by Crippen LogP contribution is 2.21. The molecule has 0 atom stereocenters. The Hall–Kier alpha value is -1.44. The molecule has 0 aliphatic carbocycles. The first-order chi connectivity index (χ1) is 8.90. The largest absolute Gasteiger partial charge is 0.389 e. The van der Waals surface area contributed by atoms with E-state index >= 15 is 0 Å². The van der Waals surface area contributed by atoms with Crippen LogP contribution in [0.25, 0.3) is 0 Å². The Morgan fingerprint density at radius 2 is 2.11 bits per heavy atom. The lowest BCUT2D eigenvalue weighted by molar-refractivity contribution is 0.600. The smallest absolute Gasteiger partial charge is 0.262 e. The minimum absolute atomic E-state index is 0.221. The molecule has 0 amide bonds. The summed E-state index contributed by atoms with van der Waals surface area (Å²) in [5, 5.41) is 3.54. The van der Waals surface area contributed by atoms with Crippen LogP contribution in [0.4, 0.5) is 5.69 Å². The highest BCUT2D eigenvalue weighted by atomic mass is 32.2. The second-order valence-corrected chi connectivity index (χ2v) is 6.83. The van der Waals surface area contributed by atoms with Crippen molar-refractivity contribution in [3.05, 3.63) is 46.2 Å². The van der Waals surface area contributed by atoms with Crippen molar-refractivity contribution in [3.63, 3.8) is 0 Å². The molecule has 0 bridgehead atoms. The Morgan fingerprint density at radius 3 is 2.63 bits per heavy atom. The van der Waals surface area contributed by atoms with Crippen molar-refractivity contribution in [2.24, 2.45) is 5.73 Å². The van der Waals surface area contributed by atoms with Crippen molar-refractivity contribution in [3.8, 4) is 0 Å². The number of hydrogen-bond donors (Lipinski definition) is 2. The third-order valence-electron chi connectivity index (χ3n) is 2.52. The van der Waals surface area contributed by atoms with Gasteiger partial charge in [-0.2, -0.15) is 11.3 Å². The van der Waals surface area contributed by atoms with E-state index in [4.69, 9.17) is 18.0 Å². The molecule has 19 heavy (non-hydrogen) atoms. The molecule has 0 aliphatic rings. The highest BCUT2D eigenvalue weighted by Gasteiger charge is 2.17. The monoisotopic (exact) mass is 312 g/mol. The number of rotatable bonds is 4. The first-order valence-corrected chi connectivity index (χ1v) is 8.19. The van der Waals surface area contributed by atoms with Gasteiger partial charge in [0.05, 0.1) is 10.6 Å². The van der Waals surface area contributed by atoms with Gasteiger partial charge in [0.15, 0.2) is 0 Å². The summed E-state index contributed by atoms with van der Waals surface area (Å²) < 4.78 is 27.0. The van der Waals surface area contributed by atoms with E-state index < -0.39 is 10.0 Å². The molecular formula is C12H12N2O2S3. The van der Waals surface area contributed by atoms with E-state index in [0.717, 1.165) is 0 Å². The number of benzene rings is 1. The van der Waals surface area contributed by atoms with Gasteiger partial charge >= 0.3 is 0 Å². The van der Waals surface area contributed by atoms with Crippen molar-refractivity contribution >= 4 is 44.3 Å². The summed E-state index contributed by atoms with van der Waals surface area (Å²) in [5.41, 5.74) is 7.34. The van der Waals surface area contributed by atoms with Crippen molar-refractivity contribution in [2.75, 3.05) is 4.72 Å². The maximum Gasteiger partial charge on any atom is 0.262 e. The fourth-order valence-electron chi connectivity index (χ4n) is 1.64. The summed E-state index contributed by atoms with van der Waals surface area (Å²) in [7, 11) is -3.58. The van der Waals surface area contributed by atoms with Crippen LogP contribution in [-0.2, 0) is 10.0 Å². The van der Waals surface area contributed by atoms with Crippen LogP contribution in [0.1, 0.15) is 11.1 Å². The Kier molecular flexibility index (Phi) is 3.88. The zero-order chi connectivity index (χ0) is 14.0. The van der Waals surface area contributed by atoms with Crippen LogP contribution in [0.3, 0.4) is 0 Å². The Morgan fingerprint density at radius 1 is 1.37 bits per heavy atom. The molecule has 0 saturated carbocycles. The predicted octanol–water partition coefficient (Wildman–Crippen LogP) is 2.49. The van der Waals surface area contributed by atoms with Gasteiger partial charge in [-0.3, -0.25) is 4.72 Å². The number of aryl methyl sites for hydroxylation is 1. The summed E-state index contributed by atoms with van der Waals surface area (Å²) in [5.74, 6) is 0. The fraction of sp³-hybridized carbons (Fsp3) is 0.0833. The van der Waals surface area contributed by atoms with Crippen LogP contribution in [0, 0.1) is 6.92 Å². The molecule has 3 N–H and O–H groups in total. The van der Waals surface area contributed by atoms with E-state index in [0.29, 0.717) is 16.8 Å². The minimum Gasteiger partial charge on any atom is -0.389 e. The van der Waals surface area contributed by atoms with E-state index in [2.05, 4.69) is 4.72 Å². The molecular weight excluding hydrogens is 300 g/mol. The number of nitrogens with one attached hydrogen (secondary N) is 1. The highest BCUT2D eigenvalue weighted by molar-refractivity contribution is 7.92. The van der Waals surface area contributed by atoms with Crippen LogP contribution >= 0.6 is 23.6 Å². The standard InChI is InChI=1S/C12H12N2O2S3/c1-8-6-9(12(13)17)2-3-11(8)19(15,16)14-10-4-5-18-7-10/h2-7,14H,1H3,(H2,13,17). The molecule has 4 nitrogen and oxygen atoms in total. The summed E-state index contributed by atoms with van der Waals surface area (Å²) >= 11 is 6.29. The lowest BCUT2D eigenvalue weighted by atomic mass is 10.1. The van der Waals surface area contributed by atoms with E-state index in [-0.39, 0.29) is 9.88 Å². The van der Waals surface area contributed by atoms with Crippen molar-refractivity contribution < 1.29 is 8.42 Å². The first-order valence-electron chi connectivity index (χ1n) is 5.35. The second-order valence-electron chi connectivity index (χ2n) is 3.96. The lowest BCUT2D eigenvalue weighted by Gasteiger charge is -2.10. The van der Waals surface area contributed by atoms with Crippen molar-refractivity contribution in [1.29, 1.82) is 0 Å². The van der Waals surface area contributed by atoms with Gasteiger partial charge in [-0.05, 0) is 36.1 Å². The maximum absolute atomic E-state index is 12.2. The molecule has 1 aromatic carbocycles. The zero-order valence-corrected chi connectivity index (χ0v) is 12.5. The average Bonchev–Trinajstić information content (AvgIpc) is 2.80. The molecule has 0 fully saturated rings. The van der Waals surface area contributed by atoms with Crippen LogP contribution in [0.2, 0.25) is 0 Å². The number of thiocarbonyl (C=S) groups is 1. The van der Waals surface area contributed by atoms with Gasteiger partial charge in [-0.15, -0.1) is 0 Å². The van der Waals surface area contributed by atoms with Crippen molar-refractivity contribution in [2.45, 2.75) is 11.8 Å². The van der Waals surface area contributed by atoms with Gasteiger partial charge in [0.2, 0.25) is 0 Å². The quantitative estimate of drug-likeness (QED) is 0.851. The predicted molar refractivity (Wildman–Crippen MR) is 82.2 cm³/mol. The fourth-order valence-corrected chi connectivity index (χ4v) is 3.70. The molecule has 0 aliphatic heterocycles. The molecule has 2 rings (SSSR count). The summed E-state index contributed by atoms with van der Waals surface area (Å²) in [6.45, 7) is 1.71. The number of nitrogens with two attached hydrogens (primary N) is 1. The van der Waals surface area contributed by atoms with Gasteiger partial charge < -0.3 is 5.73 Å². The SMILES string of the molecule is Cc1cc(C(N)=S)ccc1S(=O)(=O)Nc1ccsc1. The minimum atomic E-state index is -3.58. The number of hydrogen-bond acceptors (Lipinski definition) is 4. The van der Waals surface area contributed by atoms with E-state index in [9.17, 15) is 8.42 Å². The van der Waals surface area contributed by atoms with Crippen molar-refractivity contribution in [1.82, 2.24) is 0 Å². The van der Waals surface area contributed by atoms with Crippen LogP contribution in [0.15, 0.2) is 39.9 Å². The summed E-state index contributed by atoms with van der Waals surface area (Å²) in [6, 6.07) is 6.50. The van der Waals surface area contributed by atoms with Gasteiger partial charge in [-0.25, -0.2) is 8.42 Å². The van der Waals surface area contributed by atoms with E-state index in [1.54, 1.807) is 35.9 Å². The molecule has 1 heterocycles. The Balaban J connectivity index is 2.38. The van der Waals surface area contributed by atoms with E-state index in [1.165, 1.54) is 17.4 Å². The molecule has 0 unspecified atom stereocenters. The second kappa shape index (κ2) is 5.28. The third kappa shape index (κ3) is 3.12. The molecule has 1 aromatic heterocycles. The Labute approximate surface area is 121 Å². The normalized spacial score (nSPS) is 11.2. The average molecular weight is 312 g/mol. The molecule has 2 aromatic rings. The Bertz CT molecular complexity index is 707. The van der Waals surface area contributed by atoms with Gasteiger partial charge in [0.25, 0.3) is 10.0 Å². The third-order valence-corrected chi connectivity index (χ3v) is 4.98. The first kappa shape index (κ1) is 14.0. The van der Waals surface area contributed by atoms with Crippen LogP contribution in [-0.4, -0.2) is 13.4 Å². The summed E-state index contributed by atoms with van der Waals surface area (Å²) in [4.78, 5) is 0.469.